The minimum absolute atomic E-state index is 0.0169. The summed E-state index contributed by atoms with van der Waals surface area (Å²) in [7, 11) is 3.20. The summed E-state index contributed by atoms with van der Waals surface area (Å²) in [6.07, 6.45) is 14.0. The van der Waals surface area contributed by atoms with Gasteiger partial charge in [0.15, 0.2) is 34.6 Å². The third-order valence-electron chi connectivity index (χ3n) is 17.0. The van der Waals surface area contributed by atoms with E-state index in [4.69, 9.17) is 51.6 Å². The zero-order valence-electron chi connectivity index (χ0n) is 46.3. The maximum absolute atomic E-state index is 14.6. The summed E-state index contributed by atoms with van der Waals surface area (Å²) < 4.78 is 64.3. The minimum atomic E-state index is -0.547. The summed E-state index contributed by atoms with van der Waals surface area (Å²) in [5.41, 5.74) is 1.73. The standard InChI is InChI=1S/2C30H35ClFN5O4/c2*1-39-26-16-25-22(30(34-18-33-25)35-24-4-2-3-23(31)29(24)32)15-27(26)41-21-7-5-19(6-8-21)36-11-12-37(28(38)17-36)20-9-13-40-14-10-20/h2*2-4,15-16,18-21H,5-14,17H2,1H3,(H,33,34,35). The number of carbonyl (C=O) groups is 2. The fourth-order valence-corrected chi connectivity index (χ4v) is 12.8. The van der Waals surface area contributed by atoms with Gasteiger partial charge in [-0.3, -0.25) is 19.4 Å². The average molecular weight is 1170 g/mol. The average Bonchev–Trinajstić information content (AvgIpc) is 3.59. The van der Waals surface area contributed by atoms with Crippen molar-refractivity contribution < 1.29 is 46.8 Å². The fraction of sp³-hybridized carbons (Fsp3) is 0.500. The van der Waals surface area contributed by atoms with Crippen LogP contribution in [0.4, 0.5) is 31.8 Å². The Balaban J connectivity index is 0.000000172. The van der Waals surface area contributed by atoms with Crippen LogP contribution in [0, 0.1) is 11.6 Å². The monoisotopic (exact) mass is 1170 g/mol. The second kappa shape index (κ2) is 26.4. The van der Waals surface area contributed by atoms with Crippen LogP contribution in [0.5, 0.6) is 23.0 Å². The summed E-state index contributed by atoms with van der Waals surface area (Å²) in [4.78, 5) is 52.3. The zero-order valence-corrected chi connectivity index (χ0v) is 47.8. The van der Waals surface area contributed by atoms with Crippen molar-refractivity contribution >= 4 is 79.8 Å². The van der Waals surface area contributed by atoms with Gasteiger partial charge >= 0.3 is 0 Å². The first kappa shape index (κ1) is 57.4. The van der Waals surface area contributed by atoms with E-state index in [0.29, 0.717) is 93.7 Å². The molecule has 4 saturated heterocycles. The molecule has 0 atom stereocenters. The topological polar surface area (TPSA) is 178 Å². The highest BCUT2D eigenvalue weighted by molar-refractivity contribution is 6.31. The van der Waals surface area contributed by atoms with Crippen molar-refractivity contribution in [2.45, 2.75) is 113 Å². The molecule has 2 saturated carbocycles. The van der Waals surface area contributed by atoms with E-state index in [2.05, 4.69) is 50.2 Å². The number of nitrogens with zero attached hydrogens (tertiary/aromatic N) is 8. The number of hydrogen-bond acceptors (Lipinski definition) is 16. The molecule has 12 rings (SSSR count). The second-order valence-electron chi connectivity index (χ2n) is 21.8. The van der Waals surface area contributed by atoms with Gasteiger partial charge in [0, 0.05) is 99.7 Å². The molecule has 6 aromatic rings. The van der Waals surface area contributed by atoms with Crippen LogP contribution in [0.1, 0.15) is 77.0 Å². The summed E-state index contributed by atoms with van der Waals surface area (Å²) in [5, 5.41) is 7.50. The van der Waals surface area contributed by atoms with Gasteiger partial charge in [0.2, 0.25) is 11.8 Å². The fourth-order valence-electron chi connectivity index (χ4n) is 12.5. The van der Waals surface area contributed by atoms with Gasteiger partial charge in [0.05, 0.1) is 72.0 Å². The lowest BCUT2D eigenvalue weighted by atomic mass is 9.91. The van der Waals surface area contributed by atoms with Gasteiger partial charge in [-0.15, -0.1) is 0 Å². The second-order valence-corrected chi connectivity index (χ2v) is 22.7. The molecule has 2 amide bonds. The van der Waals surface area contributed by atoms with Gasteiger partial charge < -0.3 is 48.9 Å². The minimum Gasteiger partial charge on any atom is -0.493 e. The van der Waals surface area contributed by atoms with Crippen molar-refractivity contribution in [3.63, 3.8) is 0 Å². The van der Waals surface area contributed by atoms with Crippen molar-refractivity contribution in [3.8, 4) is 23.0 Å². The lowest BCUT2D eigenvalue weighted by Gasteiger charge is -2.44. The van der Waals surface area contributed by atoms with Crippen molar-refractivity contribution in [2.24, 2.45) is 0 Å². The molecule has 0 bridgehead atoms. The Morgan fingerprint density at radius 1 is 0.512 bits per heavy atom. The Hall–Kier alpha value is -6.42. The molecular weight excluding hydrogens is 1100 g/mol. The third-order valence-corrected chi connectivity index (χ3v) is 17.6. The van der Waals surface area contributed by atoms with Crippen molar-refractivity contribution in [1.82, 2.24) is 39.5 Å². The van der Waals surface area contributed by atoms with E-state index in [0.717, 1.165) is 130 Å². The van der Waals surface area contributed by atoms with Gasteiger partial charge in [0.1, 0.15) is 24.3 Å². The number of halogens is 4. The smallest absolute Gasteiger partial charge is 0.237 e. The lowest BCUT2D eigenvalue weighted by molar-refractivity contribution is -0.143. The molecule has 0 spiro atoms. The molecule has 82 heavy (non-hydrogen) atoms. The maximum Gasteiger partial charge on any atom is 0.237 e. The van der Waals surface area contributed by atoms with Gasteiger partial charge in [0.25, 0.3) is 0 Å². The van der Waals surface area contributed by atoms with E-state index >= 15 is 0 Å². The van der Waals surface area contributed by atoms with Crippen LogP contribution >= 0.6 is 23.2 Å². The number of rotatable bonds is 14. The molecule has 4 aliphatic heterocycles. The van der Waals surface area contributed by atoms with Crippen molar-refractivity contribution in [1.29, 1.82) is 0 Å². The predicted molar refractivity (Wildman–Crippen MR) is 309 cm³/mol. The van der Waals surface area contributed by atoms with Crippen LogP contribution < -0.4 is 29.6 Å². The van der Waals surface area contributed by atoms with E-state index in [9.17, 15) is 18.4 Å². The molecule has 2 aliphatic carbocycles. The predicted octanol–water partition coefficient (Wildman–Crippen LogP) is 10.4. The maximum atomic E-state index is 14.6. The first-order valence-electron chi connectivity index (χ1n) is 28.6. The summed E-state index contributed by atoms with van der Waals surface area (Å²) in [6.45, 7) is 7.40. The van der Waals surface area contributed by atoms with E-state index in [1.165, 1.54) is 24.8 Å². The van der Waals surface area contributed by atoms with Crippen LogP contribution in [0.2, 0.25) is 10.0 Å². The number of methoxy groups -OCH3 is 2. The van der Waals surface area contributed by atoms with E-state index in [1.807, 2.05) is 12.1 Å². The summed E-state index contributed by atoms with van der Waals surface area (Å²) in [6, 6.07) is 18.3. The Bertz CT molecular complexity index is 3000. The molecule has 436 valence electrons. The third kappa shape index (κ3) is 13.2. The van der Waals surface area contributed by atoms with Crippen LogP contribution in [-0.2, 0) is 19.1 Å². The number of hydrogen-bond donors (Lipinski definition) is 2. The van der Waals surface area contributed by atoms with Crippen molar-refractivity contribution in [2.75, 3.05) is 90.5 Å². The molecule has 4 aromatic carbocycles. The van der Waals surface area contributed by atoms with Crippen LogP contribution in [0.3, 0.4) is 0 Å². The molecule has 2 N–H and O–H groups in total. The van der Waals surface area contributed by atoms with Crippen LogP contribution in [0.15, 0.2) is 73.3 Å². The first-order chi connectivity index (χ1) is 40.0. The van der Waals surface area contributed by atoms with Gasteiger partial charge in [-0.05, 0) is 113 Å². The highest BCUT2D eigenvalue weighted by atomic mass is 35.5. The van der Waals surface area contributed by atoms with Crippen LogP contribution in [0.25, 0.3) is 21.8 Å². The number of ether oxygens (including phenoxy) is 6. The molecule has 6 aliphatic rings. The Morgan fingerprint density at radius 3 is 1.29 bits per heavy atom. The zero-order chi connectivity index (χ0) is 56.7. The van der Waals surface area contributed by atoms with Gasteiger partial charge in [-0.1, -0.05) is 35.3 Å². The lowest BCUT2D eigenvalue weighted by Crippen LogP contribution is -2.57. The van der Waals surface area contributed by atoms with Gasteiger partial charge in [-0.2, -0.15) is 0 Å². The molecule has 6 heterocycles. The molecular formula is C60H70Cl2F2N10O8. The number of fused-ring (bicyclic) bond motifs is 2. The number of aromatic nitrogens is 4. The summed E-state index contributed by atoms with van der Waals surface area (Å²) in [5.74, 6) is 2.61. The van der Waals surface area contributed by atoms with Crippen LogP contribution in [-0.4, -0.2) is 168 Å². The number of carbonyl (C=O) groups excluding carboxylic acids is 2. The number of nitrogens with one attached hydrogen (secondary N) is 2. The number of piperazine rings is 2. The van der Waals surface area contributed by atoms with E-state index in [1.54, 1.807) is 50.6 Å². The largest absolute Gasteiger partial charge is 0.493 e. The Morgan fingerprint density at radius 2 is 0.915 bits per heavy atom. The molecule has 18 nitrogen and oxygen atoms in total. The SMILES string of the molecule is COc1cc2ncnc(Nc3cccc(Cl)c3F)c2cc1OC1CCC(N2CCN(C3CCOCC3)C(=O)C2)CC1.COc1cc2ncnc(Nc3cccc(Cl)c3F)c2cc1OC1CCC(N2CCN(C3CCOCC3)C(=O)C2)CC1. The van der Waals surface area contributed by atoms with E-state index < -0.39 is 11.6 Å². The molecule has 6 fully saturated rings. The Kier molecular flexibility index (Phi) is 18.5. The van der Waals surface area contributed by atoms with E-state index in [-0.39, 0.29) is 45.4 Å². The molecule has 0 radical (unpaired) electrons. The highest BCUT2D eigenvalue weighted by Gasteiger charge is 2.37. The number of anilines is 4. The molecule has 22 heteroatoms. The van der Waals surface area contributed by atoms with Crippen molar-refractivity contribution in [3.05, 3.63) is 95.0 Å². The number of amides is 2. The quantitative estimate of drug-likeness (QED) is 0.105. The van der Waals surface area contributed by atoms with Gasteiger partial charge in [-0.25, -0.2) is 28.7 Å². The Labute approximate surface area is 486 Å². The molecule has 0 unspecified atom stereocenters. The molecule has 2 aromatic heterocycles. The number of benzene rings is 4. The first-order valence-corrected chi connectivity index (χ1v) is 29.4. The summed E-state index contributed by atoms with van der Waals surface area (Å²) >= 11 is 11.9. The highest BCUT2D eigenvalue weighted by Crippen LogP contribution is 2.40. The normalized spacial score (nSPS) is 22.6.